The van der Waals surface area contributed by atoms with Crippen LogP contribution < -0.4 is 5.32 Å². The summed E-state index contributed by atoms with van der Waals surface area (Å²) in [7, 11) is 0. The Labute approximate surface area is 127 Å². The molecule has 1 aliphatic carbocycles. The lowest BCUT2D eigenvalue weighted by atomic mass is 10.2. The van der Waals surface area contributed by atoms with E-state index in [-0.39, 0.29) is 11.0 Å². The molecule has 1 rings (SSSR count). The Bertz CT molecular complexity index is 412. The molecule has 1 saturated carbocycles. The first-order valence-corrected chi connectivity index (χ1v) is 7.37. The standard InChI is InChI=1S/C13H19NO6S/c1-6(15)14-10-5-11(19-7(2)16)12(20-8(3)17)13(10)21-9(4)18/h10-13H,5H2,1-4H3,(H,14,15)/t10-,11+,12+,13+/m0/s1. The maximum absolute atomic E-state index is 11.4. The Morgan fingerprint density at radius 1 is 1.00 bits per heavy atom. The van der Waals surface area contributed by atoms with Gasteiger partial charge in [-0.15, -0.1) is 0 Å². The average Bonchev–Trinajstić information content (AvgIpc) is 2.55. The largest absolute Gasteiger partial charge is 0.458 e. The van der Waals surface area contributed by atoms with Gasteiger partial charge in [-0.1, -0.05) is 11.8 Å². The van der Waals surface area contributed by atoms with Gasteiger partial charge in [-0.2, -0.15) is 0 Å². The molecule has 0 unspecified atom stereocenters. The Balaban J connectivity index is 2.99. The number of ether oxygens (including phenoxy) is 2. The molecule has 0 aliphatic heterocycles. The predicted octanol–water partition coefficient (Wildman–Crippen LogP) is 0.406. The van der Waals surface area contributed by atoms with E-state index in [1.165, 1.54) is 27.7 Å². The lowest BCUT2D eigenvalue weighted by molar-refractivity contribution is -0.162. The Morgan fingerprint density at radius 2 is 1.57 bits per heavy atom. The van der Waals surface area contributed by atoms with Crippen molar-refractivity contribution in [2.24, 2.45) is 0 Å². The Morgan fingerprint density at radius 3 is 2.00 bits per heavy atom. The maximum Gasteiger partial charge on any atom is 0.303 e. The van der Waals surface area contributed by atoms with Gasteiger partial charge >= 0.3 is 11.9 Å². The van der Waals surface area contributed by atoms with Gasteiger partial charge in [0.25, 0.3) is 0 Å². The van der Waals surface area contributed by atoms with Crippen molar-refractivity contribution < 1.29 is 28.7 Å². The van der Waals surface area contributed by atoms with Gasteiger partial charge in [0.05, 0.1) is 5.25 Å². The minimum Gasteiger partial charge on any atom is -0.458 e. The second kappa shape index (κ2) is 7.44. The average molecular weight is 317 g/mol. The third-order valence-corrected chi connectivity index (χ3v) is 4.08. The highest BCUT2D eigenvalue weighted by atomic mass is 32.2. The van der Waals surface area contributed by atoms with Crippen LogP contribution in [0, 0.1) is 0 Å². The molecule has 0 aromatic heterocycles. The van der Waals surface area contributed by atoms with Gasteiger partial charge in [-0.3, -0.25) is 19.2 Å². The third-order valence-electron chi connectivity index (χ3n) is 2.88. The van der Waals surface area contributed by atoms with Crippen LogP contribution in [0.2, 0.25) is 0 Å². The summed E-state index contributed by atoms with van der Waals surface area (Å²) in [4.78, 5) is 45.1. The highest BCUT2D eigenvalue weighted by molar-refractivity contribution is 8.14. The van der Waals surface area contributed by atoms with E-state index in [2.05, 4.69) is 5.32 Å². The number of hydrogen-bond donors (Lipinski definition) is 1. The topological polar surface area (TPSA) is 98.8 Å². The van der Waals surface area contributed by atoms with Gasteiger partial charge in [0.1, 0.15) is 6.10 Å². The summed E-state index contributed by atoms with van der Waals surface area (Å²) in [5, 5.41) is 2.05. The van der Waals surface area contributed by atoms with E-state index in [1.54, 1.807) is 0 Å². The molecule has 8 heteroatoms. The van der Waals surface area contributed by atoms with Crippen LogP contribution in [0.15, 0.2) is 0 Å². The first-order valence-electron chi connectivity index (χ1n) is 6.49. The summed E-state index contributed by atoms with van der Waals surface area (Å²) in [5.41, 5.74) is 0. The highest BCUT2D eigenvalue weighted by Crippen LogP contribution is 2.35. The van der Waals surface area contributed by atoms with Gasteiger partial charge in [0, 0.05) is 40.2 Å². The monoisotopic (exact) mass is 317 g/mol. The number of hydrogen-bond acceptors (Lipinski definition) is 7. The van der Waals surface area contributed by atoms with E-state index in [9.17, 15) is 19.2 Å². The zero-order valence-corrected chi connectivity index (χ0v) is 13.2. The van der Waals surface area contributed by atoms with Crippen molar-refractivity contribution >= 4 is 34.7 Å². The molecule has 118 valence electrons. The van der Waals surface area contributed by atoms with Crippen LogP contribution >= 0.6 is 11.8 Å². The molecule has 1 N–H and O–H groups in total. The van der Waals surface area contributed by atoms with Crippen LogP contribution in [-0.2, 0) is 28.7 Å². The van der Waals surface area contributed by atoms with E-state index in [4.69, 9.17) is 9.47 Å². The normalized spacial score (nSPS) is 27.8. The van der Waals surface area contributed by atoms with Gasteiger partial charge in [0.2, 0.25) is 5.91 Å². The quantitative estimate of drug-likeness (QED) is 0.750. The zero-order chi connectivity index (χ0) is 16.2. The number of carbonyl (C=O) groups is 4. The number of nitrogens with one attached hydrogen (secondary N) is 1. The molecule has 0 aromatic carbocycles. The van der Waals surface area contributed by atoms with E-state index in [0.29, 0.717) is 6.42 Å². The van der Waals surface area contributed by atoms with Crippen molar-refractivity contribution in [3.63, 3.8) is 0 Å². The van der Waals surface area contributed by atoms with Gasteiger partial charge in [-0.05, 0) is 0 Å². The van der Waals surface area contributed by atoms with Crippen molar-refractivity contribution in [2.45, 2.75) is 57.6 Å². The van der Waals surface area contributed by atoms with E-state index in [1.807, 2.05) is 0 Å². The van der Waals surface area contributed by atoms with Crippen LogP contribution in [0.5, 0.6) is 0 Å². The summed E-state index contributed by atoms with van der Waals surface area (Å²) in [6, 6.07) is -0.412. The number of amides is 1. The number of rotatable bonds is 4. The van der Waals surface area contributed by atoms with Crippen LogP contribution in [0.4, 0.5) is 0 Å². The fourth-order valence-electron chi connectivity index (χ4n) is 2.36. The maximum atomic E-state index is 11.4. The minimum atomic E-state index is -0.767. The third kappa shape index (κ3) is 5.37. The second-order valence-corrected chi connectivity index (χ2v) is 6.19. The molecule has 0 radical (unpaired) electrons. The molecule has 7 nitrogen and oxygen atoms in total. The lowest BCUT2D eigenvalue weighted by Crippen LogP contribution is -2.42. The molecule has 0 heterocycles. The first kappa shape index (κ1) is 17.5. The molecular formula is C13H19NO6S. The van der Waals surface area contributed by atoms with Crippen LogP contribution in [0.25, 0.3) is 0 Å². The van der Waals surface area contributed by atoms with Crippen LogP contribution in [-0.4, -0.2) is 46.5 Å². The zero-order valence-electron chi connectivity index (χ0n) is 12.4. The van der Waals surface area contributed by atoms with Crippen LogP contribution in [0.1, 0.15) is 34.1 Å². The van der Waals surface area contributed by atoms with Crippen LogP contribution in [0.3, 0.4) is 0 Å². The van der Waals surface area contributed by atoms with E-state index >= 15 is 0 Å². The smallest absolute Gasteiger partial charge is 0.303 e. The molecule has 0 saturated heterocycles. The van der Waals surface area contributed by atoms with Gasteiger partial charge in [0.15, 0.2) is 11.2 Å². The molecule has 0 aromatic rings. The number of thioether (sulfide) groups is 1. The van der Waals surface area contributed by atoms with Gasteiger partial charge in [-0.25, -0.2) is 0 Å². The molecular weight excluding hydrogens is 298 g/mol. The molecule has 21 heavy (non-hydrogen) atoms. The molecule has 1 aliphatic rings. The van der Waals surface area contributed by atoms with Crippen molar-refractivity contribution in [1.29, 1.82) is 0 Å². The molecule has 0 bridgehead atoms. The SMILES string of the molecule is CC(=O)N[C@H]1C[C@@H](OC(C)=O)[C@@H](OC(C)=O)[C@@H]1SC(C)=O. The lowest BCUT2D eigenvalue weighted by Gasteiger charge is -2.24. The summed E-state index contributed by atoms with van der Waals surface area (Å²) in [5.74, 6) is -1.30. The van der Waals surface area contributed by atoms with Crippen molar-refractivity contribution in [1.82, 2.24) is 5.32 Å². The molecule has 1 amide bonds. The van der Waals surface area contributed by atoms with E-state index in [0.717, 1.165) is 11.8 Å². The van der Waals surface area contributed by atoms with Crippen molar-refractivity contribution in [3.8, 4) is 0 Å². The fraction of sp³-hybridized carbons (Fsp3) is 0.692. The van der Waals surface area contributed by atoms with E-state index < -0.39 is 35.4 Å². The predicted molar refractivity (Wildman–Crippen MR) is 75.4 cm³/mol. The first-order chi connectivity index (χ1) is 9.70. The second-order valence-electron chi connectivity index (χ2n) is 4.84. The Kier molecular flexibility index (Phi) is 6.19. The summed E-state index contributed by atoms with van der Waals surface area (Å²) in [6.45, 7) is 5.24. The summed E-state index contributed by atoms with van der Waals surface area (Å²) < 4.78 is 10.4. The summed E-state index contributed by atoms with van der Waals surface area (Å²) in [6.07, 6.45) is -1.15. The fourth-order valence-corrected chi connectivity index (χ4v) is 3.46. The minimum absolute atomic E-state index is 0.170. The molecule has 0 spiro atoms. The van der Waals surface area contributed by atoms with Gasteiger partial charge < -0.3 is 14.8 Å². The highest BCUT2D eigenvalue weighted by Gasteiger charge is 2.48. The number of esters is 2. The molecule has 4 atom stereocenters. The Hall–Kier alpha value is -1.57. The summed E-state index contributed by atoms with van der Waals surface area (Å²) >= 11 is 0.971. The number of carbonyl (C=O) groups excluding carboxylic acids is 4. The van der Waals surface area contributed by atoms with Crippen molar-refractivity contribution in [2.75, 3.05) is 0 Å². The van der Waals surface area contributed by atoms with Crippen molar-refractivity contribution in [3.05, 3.63) is 0 Å². The molecule has 1 fully saturated rings.